The summed E-state index contributed by atoms with van der Waals surface area (Å²) in [5.74, 6) is 0.222. The lowest BCUT2D eigenvalue weighted by molar-refractivity contribution is 0.0525. The highest BCUT2D eigenvalue weighted by molar-refractivity contribution is 5.96. The number of hydrogen-bond acceptors (Lipinski definition) is 5. The molecule has 0 saturated heterocycles. The number of esters is 1. The van der Waals surface area contributed by atoms with Crippen molar-refractivity contribution >= 4 is 11.8 Å². The number of nitrogens with two attached hydrogens (primary N) is 1. The highest BCUT2D eigenvalue weighted by Gasteiger charge is 2.32. The zero-order valence-corrected chi connectivity index (χ0v) is 12.0. The van der Waals surface area contributed by atoms with Crippen LogP contribution < -0.4 is 5.73 Å². The number of carbonyl (C=O) groups excluding carboxylic acids is 1. The molecule has 1 saturated carbocycles. The van der Waals surface area contributed by atoms with Gasteiger partial charge in [0.15, 0.2) is 0 Å². The van der Waals surface area contributed by atoms with E-state index in [1.165, 1.54) is 0 Å². The molecule has 0 aliphatic heterocycles. The van der Waals surface area contributed by atoms with Crippen molar-refractivity contribution in [3.63, 3.8) is 0 Å². The number of nitrogens with zero attached hydrogens (tertiary/aromatic N) is 3. The quantitative estimate of drug-likeness (QED) is 0.872. The fourth-order valence-electron chi connectivity index (χ4n) is 2.50. The van der Waals surface area contributed by atoms with Crippen molar-refractivity contribution in [1.82, 2.24) is 14.8 Å². The number of nitrogen functional groups attached to an aromatic ring is 1. The Bertz CT molecular complexity index is 647. The number of pyridine rings is 1. The predicted octanol–water partition coefficient (Wildman–Crippen LogP) is 2.29. The molecule has 6 heteroatoms. The fraction of sp³-hybridized carbons (Fsp3) is 0.400. The van der Waals surface area contributed by atoms with E-state index in [0.29, 0.717) is 23.9 Å². The molecule has 2 heterocycles. The molecule has 0 spiro atoms. The molecule has 110 valence electrons. The van der Waals surface area contributed by atoms with Crippen molar-refractivity contribution in [1.29, 1.82) is 0 Å². The van der Waals surface area contributed by atoms with E-state index in [4.69, 9.17) is 10.5 Å². The highest BCUT2D eigenvalue weighted by Crippen LogP contribution is 2.39. The van der Waals surface area contributed by atoms with Crippen molar-refractivity contribution < 1.29 is 9.53 Å². The van der Waals surface area contributed by atoms with Crippen LogP contribution in [0, 0.1) is 0 Å². The normalized spacial score (nSPS) is 14.7. The minimum absolute atomic E-state index is 0.296. The first-order valence-electron chi connectivity index (χ1n) is 7.18. The Morgan fingerprint density at radius 3 is 2.90 bits per heavy atom. The summed E-state index contributed by atoms with van der Waals surface area (Å²) in [5.41, 5.74) is 8.06. The van der Waals surface area contributed by atoms with Gasteiger partial charge in [0.2, 0.25) is 0 Å². The van der Waals surface area contributed by atoms with Crippen LogP contribution in [0.15, 0.2) is 24.5 Å². The second-order valence-corrected chi connectivity index (χ2v) is 5.12. The van der Waals surface area contributed by atoms with Gasteiger partial charge in [-0.25, -0.2) is 9.48 Å². The molecule has 2 aromatic heterocycles. The molecular weight excluding hydrogens is 268 g/mol. The molecular formula is C15H18N4O2. The average molecular weight is 286 g/mol. The highest BCUT2D eigenvalue weighted by atomic mass is 16.5. The first kappa shape index (κ1) is 13.6. The topological polar surface area (TPSA) is 83.0 Å². The van der Waals surface area contributed by atoms with Crippen LogP contribution in [0.1, 0.15) is 48.2 Å². The van der Waals surface area contributed by atoms with E-state index in [9.17, 15) is 4.79 Å². The van der Waals surface area contributed by atoms with Crippen molar-refractivity contribution in [3.05, 3.63) is 35.8 Å². The van der Waals surface area contributed by atoms with Crippen LogP contribution in [-0.2, 0) is 4.74 Å². The maximum Gasteiger partial charge on any atom is 0.343 e. The minimum Gasteiger partial charge on any atom is -0.462 e. The molecule has 3 rings (SSSR count). The molecule has 0 amide bonds. The molecule has 6 nitrogen and oxygen atoms in total. The van der Waals surface area contributed by atoms with Gasteiger partial charge in [0, 0.05) is 12.1 Å². The van der Waals surface area contributed by atoms with Crippen LogP contribution >= 0.6 is 0 Å². The molecule has 0 bridgehead atoms. The molecule has 1 fully saturated rings. The Morgan fingerprint density at radius 2 is 2.33 bits per heavy atom. The molecule has 0 unspecified atom stereocenters. The van der Waals surface area contributed by atoms with E-state index in [1.54, 1.807) is 24.0 Å². The Morgan fingerprint density at radius 1 is 1.52 bits per heavy atom. The van der Waals surface area contributed by atoms with Crippen LogP contribution in [0.25, 0.3) is 5.69 Å². The third-order valence-corrected chi connectivity index (χ3v) is 3.81. The van der Waals surface area contributed by atoms with E-state index in [1.807, 2.05) is 12.1 Å². The van der Waals surface area contributed by atoms with Gasteiger partial charge in [-0.3, -0.25) is 4.98 Å². The van der Waals surface area contributed by atoms with Crippen LogP contribution in [0.2, 0.25) is 0 Å². The van der Waals surface area contributed by atoms with Crippen LogP contribution in [-0.4, -0.2) is 27.3 Å². The van der Waals surface area contributed by atoms with Gasteiger partial charge < -0.3 is 10.5 Å². The van der Waals surface area contributed by atoms with Gasteiger partial charge in [-0.05, 0) is 31.9 Å². The van der Waals surface area contributed by atoms with Gasteiger partial charge in [-0.2, -0.15) is 5.10 Å². The molecule has 1 aliphatic carbocycles. The van der Waals surface area contributed by atoms with E-state index in [-0.39, 0.29) is 0 Å². The van der Waals surface area contributed by atoms with E-state index in [0.717, 1.165) is 30.6 Å². The number of ether oxygens (including phenoxy) is 1. The number of carbonyl (C=O) groups is 1. The van der Waals surface area contributed by atoms with Gasteiger partial charge in [0.05, 0.1) is 24.2 Å². The Balaban J connectivity index is 2.08. The van der Waals surface area contributed by atoms with Crippen molar-refractivity contribution in [2.45, 2.75) is 32.1 Å². The minimum atomic E-state index is -0.396. The van der Waals surface area contributed by atoms with Gasteiger partial charge in [-0.15, -0.1) is 0 Å². The lowest BCUT2D eigenvalue weighted by Crippen LogP contribution is -2.15. The Kier molecular flexibility index (Phi) is 3.60. The van der Waals surface area contributed by atoms with Gasteiger partial charge in [0.25, 0.3) is 0 Å². The van der Waals surface area contributed by atoms with Crippen molar-refractivity contribution in [3.8, 4) is 5.69 Å². The fourth-order valence-corrected chi connectivity index (χ4v) is 2.50. The lowest BCUT2D eigenvalue weighted by Gasteiger charge is -2.24. The predicted molar refractivity (Wildman–Crippen MR) is 78.3 cm³/mol. The van der Waals surface area contributed by atoms with Crippen molar-refractivity contribution in [2.24, 2.45) is 0 Å². The summed E-state index contributed by atoms with van der Waals surface area (Å²) in [5, 5.41) is 4.56. The van der Waals surface area contributed by atoms with E-state index in [2.05, 4.69) is 10.1 Å². The molecule has 1 aliphatic rings. The first-order valence-corrected chi connectivity index (χ1v) is 7.18. The van der Waals surface area contributed by atoms with Crippen molar-refractivity contribution in [2.75, 3.05) is 12.3 Å². The summed E-state index contributed by atoms with van der Waals surface area (Å²) in [6, 6.07) is 3.67. The van der Waals surface area contributed by atoms with E-state index >= 15 is 0 Å². The smallest absolute Gasteiger partial charge is 0.343 e. The molecule has 2 N–H and O–H groups in total. The largest absolute Gasteiger partial charge is 0.462 e. The Labute approximate surface area is 122 Å². The summed E-state index contributed by atoms with van der Waals surface area (Å²) >= 11 is 0. The maximum absolute atomic E-state index is 12.2. The maximum atomic E-state index is 12.2. The Hall–Kier alpha value is -2.37. The van der Waals surface area contributed by atoms with Gasteiger partial charge >= 0.3 is 5.97 Å². The number of hydrogen-bond donors (Lipinski definition) is 1. The monoisotopic (exact) mass is 286 g/mol. The summed E-state index contributed by atoms with van der Waals surface area (Å²) < 4.78 is 6.71. The first-order chi connectivity index (χ1) is 10.2. The zero-order valence-electron chi connectivity index (χ0n) is 12.0. The van der Waals surface area contributed by atoms with Gasteiger partial charge in [0.1, 0.15) is 11.4 Å². The standard InChI is InChI=1S/C15H18N4O2/c1-2-21-15(20)12-13(10-5-3-6-10)18-19(14(12)16)11-7-4-8-17-9-11/h4,7-10H,2-3,5-6,16H2,1H3. The third kappa shape index (κ3) is 2.37. The van der Waals surface area contributed by atoms with Crippen LogP contribution in [0.3, 0.4) is 0 Å². The molecule has 2 aromatic rings. The number of rotatable bonds is 4. The summed E-state index contributed by atoms with van der Waals surface area (Å²) in [6.45, 7) is 2.10. The molecule has 21 heavy (non-hydrogen) atoms. The third-order valence-electron chi connectivity index (χ3n) is 3.81. The zero-order chi connectivity index (χ0) is 14.8. The van der Waals surface area contributed by atoms with Gasteiger partial charge in [-0.1, -0.05) is 6.42 Å². The molecule has 0 radical (unpaired) electrons. The SMILES string of the molecule is CCOC(=O)c1c(C2CCC2)nn(-c2cccnc2)c1N. The summed E-state index contributed by atoms with van der Waals surface area (Å²) in [4.78, 5) is 16.3. The summed E-state index contributed by atoms with van der Waals surface area (Å²) in [7, 11) is 0. The lowest BCUT2D eigenvalue weighted by atomic mass is 9.81. The summed E-state index contributed by atoms with van der Waals surface area (Å²) in [6.07, 6.45) is 6.59. The molecule has 0 atom stereocenters. The van der Waals surface area contributed by atoms with E-state index < -0.39 is 5.97 Å². The number of aromatic nitrogens is 3. The second-order valence-electron chi connectivity index (χ2n) is 5.12. The van der Waals surface area contributed by atoms with Crippen LogP contribution in [0.5, 0.6) is 0 Å². The van der Waals surface area contributed by atoms with Crippen LogP contribution in [0.4, 0.5) is 5.82 Å². The average Bonchev–Trinajstić information content (AvgIpc) is 2.75. The second kappa shape index (κ2) is 5.55. The molecule has 0 aromatic carbocycles. The number of anilines is 1.